The number of hydrogen-bond acceptors (Lipinski definition) is 3. The van der Waals surface area contributed by atoms with Crippen molar-refractivity contribution in [2.45, 2.75) is 6.92 Å². The van der Waals surface area contributed by atoms with Gasteiger partial charge in [-0.05, 0) is 24.6 Å². The number of aryl methyl sites for hydroxylation is 1. The molecule has 0 saturated heterocycles. The fourth-order valence-corrected chi connectivity index (χ4v) is 2.17. The second-order valence-electron chi connectivity index (χ2n) is 3.25. The van der Waals surface area contributed by atoms with Crippen molar-refractivity contribution in [2.24, 2.45) is 0 Å². The summed E-state index contributed by atoms with van der Waals surface area (Å²) in [7, 11) is 0. The molecule has 0 radical (unpaired) electrons. The molecule has 0 spiro atoms. The van der Waals surface area contributed by atoms with Gasteiger partial charge in [-0.25, -0.2) is 4.98 Å². The van der Waals surface area contributed by atoms with Gasteiger partial charge >= 0.3 is 0 Å². The monoisotopic (exact) mass is 296 g/mol. The van der Waals surface area contributed by atoms with Crippen molar-refractivity contribution in [2.75, 3.05) is 5.32 Å². The third-order valence-corrected chi connectivity index (χ3v) is 3.28. The molecule has 1 amide bonds. The van der Waals surface area contributed by atoms with E-state index in [-0.39, 0.29) is 5.91 Å². The molecule has 0 saturated carbocycles. The maximum absolute atomic E-state index is 11.9. The first kappa shape index (κ1) is 11.3. The summed E-state index contributed by atoms with van der Waals surface area (Å²) in [5.41, 5.74) is 1.60. The number of halogens is 1. The van der Waals surface area contributed by atoms with Gasteiger partial charge in [-0.15, -0.1) is 11.3 Å². The summed E-state index contributed by atoms with van der Waals surface area (Å²) in [6.45, 7) is 1.91. The minimum atomic E-state index is -0.131. The van der Waals surface area contributed by atoms with Crippen LogP contribution in [0.1, 0.15) is 15.9 Å². The first-order valence-electron chi connectivity index (χ1n) is 4.64. The maximum atomic E-state index is 11.9. The molecule has 0 fully saturated rings. The van der Waals surface area contributed by atoms with Gasteiger partial charge in [0.15, 0.2) is 5.13 Å². The molecule has 0 aliphatic carbocycles. The fourth-order valence-electron chi connectivity index (χ4n) is 1.29. The van der Waals surface area contributed by atoms with Crippen molar-refractivity contribution < 1.29 is 4.79 Å². The summed E-state index contributed by atoms with van der Waals surface area (Å²) in [6.07, 6.45) is 1.66. The molecule has 16 heavy (non-hydrogen) atoms. The molecule has 1 N–H and O–H groups in total. The predicted molar refractivity (Wildman–Crippen MR) is 68.9 cm³/mol. The van der Waals surface area contributed by atoms with Crippen molar-refractivity contribution in [3.05, 3.63) is 45.4 Å². The summed E-state index contributed by atoms with van der Waals surface area (Å²) >= 11 is 4.75. The van der Waals surface area contributed by atoms with Gasteiger partial charge in [0.2, 0.25) is 0 Å². The second-order valence-corrected chi connectivity index (χ2v) is 5.06. The van der Waals surface area contributed by atoms with Gasteiger partial charge in [0.25, 0.3) is 5.91 Å². The van der Waals surface area contributed by atoms with Crippen LogP contribution in [0.5, 0.6) is 0 Å². The predicted octanol–water partition coefficient (Wildman–Crippen LogP) is 3.47. The molecule has 2 rings (SSSR count). The lowest BCUT2D eigenvalue weighted by Crippen LogP contribution is -2.13. The summed E-state index contributed by atoms with van der Waals surface area (Å²) in [5, 5.41) is 5.19. The van der Waals surface area contributed by atoms with Crippen LogP contribution in [0.4, 0.5) is 5.13 Å². The van der Waals surface area contributed by atoms with E-state index in [1.165, 1.54) is 11.3 Å². The Labute approximate surface area is 106 Å². The zero-order chi connectivity index (χ0) is 11.5. The number of nitrogens with one attached hydrogen (secondary N) is 1. The molecule has 0 atom stereocenters. The van der Waals surface area contributed by atoms with E-state index in [0.717, 1.165) is 10.0 Å². The molecule has 0 aliphatic rings. The molecule has 5 heteroatoms. The van der Waals surface area contributed by atoms with Crippen LogP contribution in [-0.2, 0) is 0 Å². The van der Waals surface area contributed by atoms with Crippen molar-refractivity contribution in [3.8, 4) is 0 Å². The maximum Gasteiger partial charge on any atom is 0.257 e. The number of carbonyl (C=O) groups is 1. The number of nitrogens with zero attached hydrogens (tertiary/aromatic N) is 1. The van der Waals surface area contributed by atoms with Crippen LogP contribution in [0.25, 0.3) is 0 Å². The van der Waals surface area contributed by atoms with Crippen LogP contribution in [-0.4, -0.2) is 10.9 Å². The van der Waals surface area contributed by atoms with Crippen LogP contribution in [0.15, 0.2) is 34.2 Å². The van der Waals surface area contributed by atoms with Crippen LogP contribution in [0.3, 0.4) is 0 Å². The van der Waals surface area contributed by atoms with Crippen LogP contribution in [0.2, 0.25) is 0 Å². The number of anilines is 1. The van der Waals surface area contributed by atoms with Gasteiger partial charge in [-0.1, -0.05) is 22.0 Å². The van der Waals surface area contributed by atoms with E-state index >= 15 is 0 Å². The molecule has 2 aromatic rings. The molecule has 1 heterocycles. The van der Waals surface area contributed by atoms with E-state index in [4.69, 9.17) is 0 Å². The number of rotatable bonds is 2. The Morgan fingerprint density at radius 3 is 3.00 bits per heavy atom. The highest BCUT2D eigenvalue weighted by Gasteiger charge is 2.10. The highest BCUT2D eigenvalue weighted by Crippen LogP contribution is 2.18. The minimum absolute atomic E-state index is 0.131. The highest BCUT2D eigenvalue weighted by molar-refractivity contribution is 9.10. The normalized spacial score (nSPS) is 10.1. The van der Waals surface area contributed by atoms with E-state index in [1.807, 2.05) is 24.4 Å². The van der Waals surface area contributed by atoms with Crippen molar-refractivity contribution in [1.29, 1.82) is 0 Å². The largest absolute Gasteiger partial charge is 0.298 e. The number of amides is 1. The molecular formula is C11H9BrN2OS. The number of benzene rings is 1. The number of hydrogen-bond donors (Lipinski definition) is 1. The Morgan fingerprint density at radius 1 is 1.50 bits per heavy atom. The number of thiazole rings is 1. The molecule has 0 aliphatic heterocycles. The lowest BCUT2D eigenvalue weighted by Gasteiger charge is -2.05. The lowest BCUT2D eigenvalue weighted by molar-refractivity contribution is 0.102. The van der Waals surface area contributed by atoms with E-state index in [1.54, 1.807) is 12.3 Å². The van der Waals surface area contributed by atoms with Crippen molar-refractivity contribution in [3.63, 3.8) is 0 Å². The molecule has 0 unspecified atom stereocenters. The SMILES string of the molecule is Cc1ccc(Br)cc1C(=O)Nc1nccs1. The highest BCUT2D eigenvalue weighted by atomic mass is 79.9. The Hall–Kier alpha value is -1.20. The number of carbonyl (C=O) groups excluding carboxylic acids is 1. The van der Waals surface area contributed by atoms with Crippen molar-refractivity contribution in [1.82, 2.24) is 4.98 Å². The molecule has 0 bridgehead atoms. The molecular weight excluding hydrogens is 288 g/mol. The minimum Gasteiger partial charge on any atom is -0.298 e. The topological polar surface area (TPSA) is 42.0 Å². The fraction of sp³-hybridized carbons (Fsp3) is 0.0909. The van der Waals surface area contributed by atoms with Gasteiger partial charge in [-0.3, -0.25) is 10.1 Å². The number of aromatic nitrogens is 1. The third-order valence-electron chi connectivity index (χ3n) is 2.10. The first-order valence-corrected chi connectivity index (χ1v) is 6.31. The van der Waals surface area contributed by atoms with Crippen LogP contribution in [0, 0.1) is 6.92 Å². The van der Waals surface area contributed by atoms with E-state index in [2.05, 4.69) is 26.2 Å². The van der Waals surface area contributed by atoms with Gasteiger partial charge in [0.1, 0.15) is 0 Å². The molecule has 82 valence electrons. The average Bonchev–Trinajstić information content (AvgIpc) is 2.74. The Kier molecular flexibility index (Phi) is 3.36. The summed E-state index contributed by atoms with van der Waals surface area (Å²) in [5.74, 6) is -0.131. The quantitative estimate of drug-likeness (QED) is 0.922. The van der Waals surface area contributed by atoms with E-state index < -0.39 is 0 Å². The molecule has 1 aromatic carbocycles. The van der Waals surface area contributed by atoms with Crippen LogP contribution < -0.4 is 5.32 Å². The standard InChI is InChI=1S/C11H9BrN2OS/c1-7-2-3-8(12)6-9(7)10(15)14-11-13-4-5-16-11/h2-6H,1H3,(H,13,14,15). The Balaban J connectivity index is 2.24. The second kappa shape index (κ2) is 4.76. The zero-order valence-corrected chi connectivity index (χ0v) is 10.9. The summed E-state index contributed by atoms with van der Waals surface area (Å²) in [4.78, 5) is 15.9. The van der Waals surface area contributed by atoms with Gasteiger partial charge in [0.05, 0.1) is 0 Å². The van der Waals surface area contributed by atoms with Crippen LogP contribution >= 0.6 is 27.3 Å². The Morgan fingerprint density at radius 2 is 2.31 bits per heavy atom. The first-order chi connectivity index (χ1) is 7.66. The van der Waals surface area contributed by atoms with Gasteiger partial charge in [0, 0.05) is 21.6 Å². The van der Waals surface area contributed by atoms with E-state index in [0.29, 0.717) is 10.7 Å². The lowest BCUT2D eigenvalue weighted by atomic mass is 10.1. The van der Waals surface area contributed by atoms with Crippen molar-refractivity contribution >= 4 is 38.3 Å². The summed E-state index contributed by atoms with van der Waals surface area (Å²) in [6, 6.07) is 5.62. The summed E-state index contributed by atoms with van der Waals surface area (Å²) < 4.78 is 0.891. The average molecular weight is 297 g/mol. The zero-order valence-electron chi connectivity index (χ0n) is 8.53. The van der Waals surface area contributed by atoms with E-state index in [9.17, 15) is 4.79 Å². The Bertz CT molecular complexity index is 511. The smallest absolute Gasteiger partial charge is 0.257 e. The van der Waals surface area contributed by atoms with Gasteiger partial charge < -0.3 is 0 Å². The third kappa shape index (κ3) is 2.48. The molecule has 1 aromatic heterocycles. The van der Waals surface area contributed by atoms with Gasteiger partial charge in [-0.2, -0.15) is 0 Å². The molecule has 3 nitrogen and oxygen atoms in total.